The zero-order valence-corrected chi connectivity index (χ0v) is 14.9. The average molecular weight is 324 g/mol. The summed E-state index contributed by atoms with van der Waals surface area (Å²) in [4.78, 5) is 5.00. The molecule has 0 atom stereocenters. The summed E-state index contributed by atoms with van der Waals surface area (Å²) in [6, 6.07) is 17.1. The fourth-order valence-corrected chi connectivity index (χ4v) is 3.31. The van der Waals surface area contributed by atoms with Crippen molar-refractivity contribution < 1.29 is 4.74 Å². The van der Waals surface area contributed by atoms with Gasteiger partial charge in [-0.2, -0.15) is 0 Å². The van der Waals surface area contributed by atoms with Gasteiger partial charge in [-0.1, -0.05) is 42.5 Å². The molecule has 0 aliphatic carbocycles. The van der Waals surface area contributed by atoms with Crippen molar-refractivity contribution in [3.8, 4) is 16.9 Å². The maximum atomic E-state index is 5.46. The van der Waals surface area contributed by atoms with E-state index in [2.05, 4.69) is 53.2 Å². The highest BCUT2D eigenvalue weighted by molar-refractivity contribution is 5.70. The third kappa shape index (κ3) is 4.37. The van der Waals surface area contributed by atoms with Crippen molar-refractivity contribution in [2.45, 2.75) is 12.8 Å². The Kier molecular flexibility index (Phi) is 5.89. The first-order chi connectivity index (χ1) is 11.8. The van der Waals surface area contributed by atoms with E-state index in [0.29, 0.717) is 0 Å². The monoisotopic (exact) mass is 324 g/mol. The molecule has 24 heavy (non-hydrogen) atoms. The Morgan fingerprint density at radius 1 is 0.917 bits per heavy atom. The summed E-state index contributed by atoms with van der Waals surface area (Å²) in [7, 11) is 3.94. The van der Waals surface area contributed by atoms with E-state index in [1.54, 1.807) is 7.11 Å². The Bertz CT molecular complexity index is 631. The van der Waals surface area contributed by atoms with Gasteiger partial charge in [-0.3, -0.25) is 0 Å². The van der Waals surface area contributed by atoms with Gasteiger partial charge in [-0.15, -0.1) is 0 Å². The minimum absolute atomic E-state index is 0.931. The van der Waals surface area contributed by atoms with Gasteiger partial charge in [0.15, 0.2) is 0 Å². The highest BCUT2D eigenvalue weighted by Crippen LogP contribution is 2.29. The van der Waals surface area contributed by atoms with Gasteiger partial charge in [-0.25, -0.2) is 0 Å². The Balaban J connectivity index is 1.53. The third-order valence-electron chi connectivity index (χ3n) is 4.91. The molecule has 3 heteroatoms. The third-order valence-corrected chi connectivity index (χ3v) is 4.91. The molecule has 1 saturated heterocycles. The lowest BCUT2D eigenvalue weighted by molar-refractivity contribution is 0.153. The zero-order chi connectivity index (χ0) is 16.8. The summed E-state index contributed by atoms with van der Waals surface area (Å²) in [5.74, 6) is 0.931. The van der Waals surface area contributed by atoms with Crippen LogP contribution in [0.5, 0.6) is 5.75 Å². The van der Waals surface area contributed by atoms with E-state index in [4.69, 9.17) is 4.74 Å². The number of hydrogen-bond acceptors (Lipinski definition) is 3. The molecule has 0 unspecified atom stereocenters. The zero-order valence-electron chi connectivity index (χ0n) is 14.9. The number of nitrogens with zero attached hydrogens (tertiary/aromatic N) is 2. The molecule has 3 nitrogen and oxygen atoms in total. The van der Waals surface area contributed by atoms with E-state index in [-0.39, 0.29) is 0 Å². The lowest BCUT2D eigenvalue weighted by atomic mass is 10.0. The van der Waals surface area contributed by atoms with Crippen LogP contribution in [0.4, 0.5) is 0 Å². The molecular weight excluding hydrogens is 296 g/mol. The van der Waals surface area contributed by atoms with Gasteiger partial charge in [0.2, 0.25) is 0 Å². The van der Waals surface area contributed by atoms with Crippen LogP contribution in [0.3, 0.4) is 0 Å². The van der Waals surface area contributed by atoms with Gasteiger partial charge in [0.25, 0.3) is 0 Å². The molecule has 1 heterocycles. The van der Waals surface area contributed by atoms with E-state index in [0.717, 1.165) is 17.7 Å². The second-order valence-corrected chi connectivity index (χ2v) is 6.65. The number of aryl methyl sites for hydroxylation is 1. The topological polar surface area (TPSA) is 15.7 Å². The van der Waals surface area contributed by atoms with E-state index in [1.165, 1.54) is 50.3 Å². The van der Waals surface area contributed by atoms with Crippen molar-refractivity contribution in [1.82, 2.24) is 9.80 Å². The molecule has 0 radical (unpaired) electrons. The van der Waals surface area contributed by atoms with E-state index < -0.39 is 0 Å². The summed E-state index contributed by atoms with van der Waals surface area (Å²) in [5, 5.41) is 0. The molecule has 1 aliphatic heterocycles. The predicted molar refractivity (Wildman–Crippen MR) is 101 cm³/mol. The van der Waals surface area contributed by atoms with Crippen LogP contribution in [0.15, 0.2) is 48.5 Å². The highest BCUT2D eigenvalue weighted by atomic mass is 16.5. The average Bonchev–Trinajstić information content (AvgIpc) is 2.64. The van der Waals surface area contributed by atoms with Crippen molar-refractivity contribution in [2.75, 3.05) is 46.9 Å². The van der Waals surface area contributed by atoms with Crippen LogP contribution in [-0.2, 0) is 6.42 Å². The maximum Gasteiger partial charge on any atom is 0.126 e. The minimum atomic E-state index is 0.931. The van der Waals surface area contributed by atoms with Crippen LogP contribution >= 0.6 is 0 Å². The van der Waals surface area contributed by atoms with Crippen LogP contribution in [0.1, 0.15) is 12.0 Å². The second-order valence-electron chi connectivity index (χ2n) is 6.65. The van der Waals surface area contributed by atoms with Crippen molar-refractivity contribution >= 4 is 0 Å². The number of hydrogen-bond donors (Lipinski definition) is 0. The minimum Gasteiger partial charge on any atom is -0.496 e. The Hall–Kier alpha value is -1.84. The van der Waals surface area contributed by atoms with E-state index in [9.17, 15) is 0 Å². The molecule has 0 saturated carbocycles. The normalized spacial score (nSPS) is 16.2. The first kappa shape index (κ1) is 17.0. The number of rotatable bonds is 6. The van der Waals surface area contributed by atoms with Gasteiger partial charge in [0, 0.05) is 31.7 Å². The van der Waals surface area contributed by atoms with Gasteiger partial charge in [0.1, 0.15) is 5.75 Å². The summed E-state index contributed by atoms with van der Waals surface area (Å²) in [6.07, 6.45) is 2.39. The van der Waals surface area contributed by atoms with Crippen molar-refractivity contribution in [2.24, 2.45) is 0 Å². The van der Waals surface area contributed by atoms with E-state index in [1.807, 2.05) is 12.1 Å². The Labute approximate surface area is 145 Å². The van der Waals surface area contributed by atoms with Crippen LogP contribution in [0.2, 0.25) is 0 Å². The number of benzene rings is 2. The van der Waals surface area contributed by atoms with Crippen LogP contribution in [-0.4, -0.2) is 56.7 Å². The SMILES string of the molecule is COc1ccccc1-c1ccc(CCCN2CCN(C)CC2)cc1. The molecule has 1 fully saturated rings. The largest absolute Gasteiger partial charge is 0.496 e. The predicted octanol–water partition coefficient (Wildman–Crippen LogP) is 3.54. The maximum absolute atomic E-state index is 5.46. The molecule has 0 N–H and O–H groups in total. The van der Waals surface area contributed by atoms with Gasteiger partial charge >= 0.3 is 0 Å². The standard InChI is InChI=1S/C21H28N2O/c1-22-14-16-23(17-15-22)13-5-6-18-9-11-19(12-10-18)20-7-3-4-8-21(20)24-2/h3-4,7-12H,5-6,13-17H2,1-2H3. The van der Waals surface area contributed by atoms with Crippen molar-refractivity contribution in [3.63, 3.8) is 0 Å². The molecule has 128 valence electrons. The molecule has 0 spiro atoms. The molecular formula is C21H28N2O. The fourth-order valence-electron chi connectivity index (χ4n) is 3.31. The fraction of sp³-hybridized carbons (Fsp3) is 0.429. The Morgan fingerprint density at radius 2 is 1.62 bits per heavy atom. The number of para-hydroxylation sites is 1. The lowest BCUT2D eigenvalue weighted by Crippen LogP contribution is -2.44. The van der Waals surface area contributed by atoms with E-state index >= 15 is 0 Å². The summed E-state index contributed by atoms with van der Waals surface area (Å²) < 4.78 is 5.46. The van der Waals surface area contributed by atoms with Gasteiger partial charge in [0.05, 0.1) is 7.11 Å². The first-order valence-corrected chi connectivity index (χ1v) is 8.89. The quantitative estimate of drug-likeness (QED) is 0.808. The highest BCUT2D eigenvalue weighted by Gasteiger charge is 2.12. The number of likely N-dealkylation sites (N-methyl/N-ethyl adjacent to an activating group) is 1. The van der Waals surface area contributed by atoms with Crippen LogP contribution in [0.25, 0.3) is 11.1 Å². The number of piperazine rings is 1. The molecule has 0 bridgehead atoms. The molecule has 0 aromatic heterocycles. The van der Waals surface area contributed by atoms with Crippen LogP contribution < -0.4 is 4.74 Å². The van der Waals surface area contributed by atoms with Crippen molar-refractivity contribution in [3.05, 3.63) is 54.1 Å². The molecule has 2 aromatic rings. The molecule has 3 rings (SSSR count). The lowest BCUT2D eigenvalue weighted by Gasteiger charge is -2.32. The Morgan fingerprint density at radius 3 is 2.33 bits per heavy atom. The van der Waals surface area contributed by atoms with Crippen molar-refractivity contribution in [1.29, 1.82) is 0 Å². The summed E-state index contributed by atoms with van der Waals surface area (Å²) in [6.45, 7) is 6.04. The van der Waals surface area contributed by atoms with Crippen LogP contribution in [0, 0.1) is 0 Å². The first-order valence-electron chi connectivity index (χ1n) is 8.89. The smallest absolute Gasteiger partial charge is 0.126 e. The summed E-state index contributed by atoms with van der Waals surface area (Å²) >= 11 is 0. The van der Waals surface area contributed by atoms with Gasteiger partial charge < -0.3 is 14.5 Å². The number of ether oxygens (including phenoxy) is 1. The molecule has 0 amide bonds. The molecule has 2 aromatic carbocycles. The molecule has 1 aliphatic rings. The number of methoxy groups -OCH3 is 1. The van der Waals surface area contributed by atoms with Gasteiger partial charge in [-0.05, 0) is 43.6 Å². The second kappa shape index (κ2) is 8.32. The summed E-state index contributed by atoms with van der Waals surface area (Å²) in [5.41, 5.74) is 3.79.